The van der Waals surface area contributed by atoms with Crippen LogP contribution < -0.4 is 16.2 Å². The minimum Gasteiger partial charge on any atom is -0.455 e. The second-order valence-corrected chi connectivity index (χ2v) is 26.1. The van der Waals surface area contributed by atoms with Crippen molar-refractivity contribution in [3.8, 4) is 50.4 Å². The van der Waals surface area contributed by atoms with E-state index in [0.29, 0.717) is 0 Å². The highest BCUT2D eigenvalue weighted by molar-refractivity contribution is 7.25. The molecular weight excluding hydrogens is 940 g/mol. The van der Waals surface area contributed by atoms with Gasteiger partial charge in [0.25, 0.3) is 0 Å². The van der Waals surface area contributed by atoms with E-state index in [1.54, 1.807) is 0 Å². The summed E-state index contributed by atoms with van der Waals surface area (Å²) in [6.07, 6.45) is 2.37. The maximum absolute atomic E-state index is 7.10. The van der Waals surface area contributed by atoms with Gasteiger partial charge in [0, 0.05) is 81.0 Å². The summed E-state index contributed by atoms with van der Waals surface area (Å²) in [5.41, 5.74) is 24.6. The molecule has 0 unspecified atom stereocenters. The van der Waals surface area contributed by atoms with Crippen molar-refractivity contribution < 1.29 is 4.42 Å². The maximum atomic E-state index is 7.10. The van der Waals surface area contributed by atoms with Crippen molar-refractivity contribution in [1.29, 1.82) is 0 Å². The van der Waals surface area contributed by atoms with Gasteiger partial charge in [0.15, 0.2) is 7.28 Å². The van der Waals surface area contributed by atoms with Crippen molar-refractivity contribution >= 4 is 93.9 Å². The van der Waals surface area contributed by atoms with E-state index in [2.05, 4.69) is 249 Å². The summed E-state index contributed by atoms with van der Waals surface area (Å²) in [6.45, 7) is 21.4. The van der Waals surface area contributed by atoms with Gasteiger partial charge in [-0.3, -0.25) is 0 Å². The van der Waals surface area contributed by atoms with Gasteiger partial charge in [-0.2, -0.15) is 0 Å². The molecular formula is C71H60BN2OS. The Labute approximate surface area is 450 Å². The van der Waals surface area contributed by atoms with E-state index in [9.17, 15) is 0 Å². The summed E-state index contributed by atoms with van der Waals surface area (Å²) in [7, 11) is 2.46. The molecule has 0 atom stereocenters. The van der Waals surface area contributed by atoms with Gasteiger partial charge < -0.3 is 14.3 Å². The Kier molecular flexibility index (Phi) is 9.48. The van der Waals surface area contributed by atoms with Crippen LogP contribution in [0.3, 0.4) is 0 Å². The molecule has 0 spiro atoms. The molecule has 0 amide bonds. The number of thiophene rings is 1. The van der Waals surface area contributed by atoms with Crippen molar-refractivity contribution in [2.24, 2.45) is 0 Å². The lowest BCUT2D eigenvalue weighted by atomic mass is 9.59. The molecule has 9 aromatic carbocycles. The lowest BCUT2D eigenvalue weighted by Crippen LogP contribution is -2.37. The van der Waals surface area contributed by atoms with E-state index in [0.717, 1.165) is 55.9 Å². The standard InChI is InChI=1S/C71H60BN2OS/c1-68(2,3)42-24-26-43(27-25-42)73-58-39-63-50(51-34-55-56(37-62(51)76-63)70(6,7)31-30-69(55,4)5)33-48(58)45-28-29-46-49-32-47-44-22-16-17-23-53(44)71(8,9)54(47)36-59(49)74-60-35-52-61(38-57(60)72-65(45)66(46)74)75-67(41-20-14-11-15-21-41)64(52)40-18-12-10-13-19-40/h10-29,32-39,73H,30-31H2,1-9H3. The number of anilines is 2. The summed E-state index contributed by atoms with van der Waals surface area (Å²) in [5, 5.41) is 10.3. The van der Waals surface area contributed by atoms with E-state index in [-0.39, 0.29) is 21.7 Å². The molecule has 3 nitrogen and oxygen atoms in total. The second-order valence-electron chi connectivity index (χ2n) is 25.0. The van der Waals surface area contributed by atoms with Crippen LogP contribution in [-0.4, -0.2) is 11.8 Å². The quantitative estimate of drug-likeness (QED) is 0.174. The largest absolute Gasteiger partial charge is 0.455 e. The fraction of sp³-hybridized carbons (Fsp3) is 0.211. The van der Waals surface area contributed by atoms with Crippen LogP contribution in [0.4, 0.5) is 11.4 Å². The predicted molar refractivity (Wildman–Crippen MR) is 326 cm³/mol. The summed E-state index contributed by atoms with van der Waals surface area (Å²) in [6, 6.07) is 64.2. The molecule has 12 aromatic rings. The number of benzene rings is 9. The molecule has 5 heteroatoms. The number of rotatable bonds is 5. The van der Waals surface area contributed by atoms with Gasteiger partial charge in [-0.05, 0) is 145 Å². The molecule has 0 bridgehead atoms. The van der Waals surface area contributed by atoms with E-state index >= 15 is 0 Å². The Bertz CT molecular complexity index is 4440. The van der Waals surface area contributed by atoms with Gasteiger partial charge in [0.1, 0.15) is 11.3 Å². The molecule has 3 aromatic heterocycles. The van der Waals surface area contributed by atoms with E-state index in [1.807, 2.05) is 11.3 Å². The summed E-state index contributed by atoms with van der Waals surface area (Å²) in [4.78, 5) is 0. The number of furan rings is 1. The normalized spacial score (nSPS) is 15.8. The first kappa shape index (κ1) is 45.8. The Morgan fingerprint density at radius 2 is 1.20 bits per heavy atom. The second kappa shape index (κ2) is 15.7. The number of fused-ring (bicyclic) bond motifs is 13. The van der Waals surface area contributed by atoms with Crippen LogP contribution in [0.15, 0.2) is 174 Å². The van der Waals surface area contributed by atoms with Crippen molar-refractivity contribution in [1.82, 2.24) is 4.57 Å². The summed E-state index contributed by atoms with van der Waals surface area (Å²) in [5.74, 6) is 0.887. The number of aromatic nitrogens is 1. The highest BCUT2D eigenvalue weighted by atomic mass is 32.1. The average molecular weight is 1000 g/mol. The minimum atomic E-state index is -0.164. The molecule has 15 rings (SSSR count). The van der Waals surface area contributed by atoms with Crippen LogP contribution in [-0.2, 0) is 21.7 Å². The Balaban J connectivity index is 1.03. The molecule has 369 valence electrons. The lowest BCUT2D eigenvalue weighted by molar-refractivity contribution is 0.332. The summed E-state index contributed by atoms with van der Waals surface area (Å²) >= 11 is 1.93. The molecule has 0 fully saturated rings. The fourth-order valence-corrected chi connectivity index (χ4v) is 14.8. The van der Waals surface area contributed by atoms with E-state index in [4.69, 9.17) is 4.42 Å². The van der Waals surface area contributed by atoms with Gasteiger partial charge in [0.05, 0.1) is 5.52 Å². The monoisotopic (exact) mass is 999 g/mol. The third-order valence-corrected chi connectivity index (χ3v) is 19.2. The number of hydrogen-bond acceptors (Lipinski definition) is 3. The first-order valence-corrected chi connectivity index (χ1v) is 28.1. The van der Waals surface area contributed by atoms with Crippen LogP contribution in [0.5, 0.6) is 0 Å². The number of nitrogens with one attached hydrogen (secondary N) is 1. The first-order chi connectivity index (χ1) is 36.5. The van der Waals surface area contributed by atoms with Gasteiger partial charge in [-0.15, -0.1) is 11.3 Å². The number of hydrogen-bond donors (Lipinski definition) is 1. The van der Waals surface area contributed by atoms with Crippen molar-refractivity contribution in [2.45, 2.75) is 96.8 Å². The molecule has 1 aliphatic heterocycles. The van der Waals surface area contributed by atoms with Gasteiger partial charge >= 0.3 is 0 Å². The lowest BCUT2D eigenvalue weighted by Gasteiger charge is -2.41. The van der Waals surface area contributed by atoms with Crippen LogP contribution in [0.1, 0.15) is 103 Å². The fourth-order valence-electron chi connectivity index (χ4n) is 13.7. The van der Waals surface area contributed by atoms with E-state index < -0.39 is 0 Å². The zero-order valence-corrected chi connectivity index (χ0v) is 45.7. The molecule has 3 aliphatic rings. The SMILES string of the molecule is CC(C)(C)c1ccc(Nc2cc3sc4cc5c(cc4c3cc2-c2ccc3c4cc6c(cc4n4c3c2[B]c2cc3oc(-c7ccccc7)c(-c7ccccc7)c3cc2-4)C(C)(C)c2ccccc2-6)C(C)(C)CCC5(C)C)cc1. The third-order valence-electron chi connectivity index (χ3n) is 18.1. The highest BCUT2D eigenvalue weighted by Crippen LogP contribution is 2.53. The van der Waals surface area contributed by atoms with E-state index in [1.165, 1.54) is 110 Å². The van der Waals surface area contributed by atoms with Gasteiger partial charge in [0.2, 0.25) is 0 Å². The topological polar surface area (TPSA) is 30.1 Å². The van der Waals surface area contributed by atoms with Crippen LogP contribution in [0.2, 0.25) is 0 Å². The van der Waals surface area contributed by atoms with Crippen LogP contribution in [0.25, 0.3) is 103 Å². The molecule has 1 N–H and O–H groups in total. The van der Waals surface area contributed by atoms with Crippen molar-refractivity contribution in [3.05, 3.63) is 198 Å². The van der Waals surface area contributed by atoms with Gasteiger partial charge in [-0.25, -0.2) is 0 Å². The molecule has 2 aliphatic carbocycles. The molecule has 76 heavy (non-hydrogen) atoms. The molecule has 4 heterocycles. The Hall–Kier alpha value is -7.60. The maximum Gasteiger partial charge on any atom is 0.198 e. The Morgan fingerprint density at radius 1 is 0.539 bits per heavy atom. The van der Waals surface area contributed by atoms with Crippen molar-refractivity contribution in [2.75, 3.05) is 5.32 Å². The third kappa shape index (κ3) is 6.60. The predicted octanol–water partition coefficient (Wildman–Crippen LogP) is 18.6. The smallest absolute Gasteiger partial charge is 0.198 e. The van der Waals surface area contributed by atoms with Gasteiger partial charge in [-0.1, -0.05) is 177 Å². The zero-order chi connectivity index (χ0) is 51.8. The Morgan fingerprint density at radius 3 is 1.93 bits per heavy atom. The molecule has 0 saturated carbocycles. The van der Waals surface area contributed by atoms with Crippen molar-refractivity contribution in [3.63, 3.8) is 0 Å². The average Bonchev–Trinajstić information content (AvgIpc) is 4.34. The first-order valence-electron chi connectivity index (χ1n) is 27.3. The van der Waals surface area contributed by atoms with Crippen LogP contribution in [0, 0.1) is 0 Å². The summed E-state index contributed by atoms with van der Waals surface area (Å²) < 4.78 is 12.4. The molecule has 0 saturated heterocycles. The minimum absolute atomic E-state index is 0.0529. The highest BCUT2D eigenvalue weighted by Gasteiger charge is 2.39. The molecule has 1 radical (unpaired) electrons. The zero-order valence-electron chi connectivity index (χ0n) is 44.9. The van der Waals surface area contributed by atoms with Crippen LogP contribution >= 0.6 is 11.3 Å². The number of nitrogens with zero attached hydrogens (tertiary/aromatic N) is 1.